The molecule has 0 atom stereocenters. The summed E-state index contributed by atoms with van der Waals surface area (Å²) < 4.78 is 2.28. The van der Waals surface area contributed by atoms with Gasteiger partial charge in [0.05, 0.1) is 0 Å². The van der Waals surface area contributed by atoms with Crippen LogP contribution in [-0.4, -0.2) is 10.4 Å². The lowest BCUT2D eigenvalue weighted by Gasteiger charge is -2.03. The molecule has 0 spiro atoms. The highest BCUT2D eigenvalue weighted by Gasteiger charge is 2.13. The van der Waals surface area contributed by atoms with Crippen molar-refractivity contribution in [2.75, 3.05) is 0 Å². The van der Waals surface area contributed by atoms with Gasteiger partial charge in [-0.3, -0.25) is 4.79 Å². The Kier molecular flexibility index (Phi) is 4.32. The van der Waals surface area contributed by atoms with Gasteiger partial charge in [0.2, 0.25) is 5.78 Å². The standard InChI is InChI=1S/C24H18N2O/c1-2-26-22-11-7-6-10-20(22)21-15-17(12-13-23(21)26)14-19(16-25)24(27)18-8-4-3-5-9-18/h3-15H,2H2,1H3. The predicted octanol–water partition coefficient (Wildman–Crippen LogP) is 5.60. The van der Waals surface area contributed by atoms with Crippen molar-refractivity contribution in [3.63, 3.8) is 0 Å². The third-order valence-corrected chi connectivity index (χ3v) is 4.82. The Balaban J connectivity index is 1.84. The number of Topliss-reactive ketones (excluding diaryl/α,β-unsaturated/α-hetero) is 1. The van der Waals surface area contributed by atoms with Crippen LogP contribution in [0.3, 0.4) is 0 Å². The SMILES string of the molecule is CCn1c2ccccc2c2cc(C=C(C#N)C(=O)c3ccccc3)ccc21. The van der Waals surface area contributed by atoms with Crippen molar-refractivity contribution in [1.82, 2.24) is 4.57 Å². The molecule has 0 aliphatic rings. The number of nitrogens with zero attached hydrogens (tertiary/aromatic N) is 2. The predicted molar refractivity (Wildman–Crippen MR) is 109 cm³/mol. The number of aromatic nitrogens is 1. The summed E-state index contributed by atoms with van der Waals surface area (Å²) in [7, 11) is 0. The van der Waals surface area contributed by atoms with E-state index in [-0.39, 0.29) is 11.4 Å². The van der Waals surface area contributed by atoms with Crippen molar-refractivity contribution in [1.29, 1.82) is 5.26 Å². The molecule has 0 N–H and O–H groups in total. The number of hydrogen-bond donors (Lipinski definition) is 0. The molecule has 3 heteroatoms. The Hall–Kier alpha value is -3.64. The molecule has 0 amide bonds. The van der Waals surface area contributed by atoms with Crippen LogP contribution in [0.5, 0.6) is 0 Å². The van der Waals surface area contributed by atoms with Crippen LogP contribution in [0, 0.1) is 11.3 Å². The molecule has 3 aromatic carbocycles. The zero-order valence-corrected chi connectivity index (χ0v) is 15.0. The van der Waals surface area contributed by atoms with Crippen LogP contribution in [0.25, 0.3) is 27.9 Å². The fourth-order valence-electron chi connectivity index (χ4n) is 3.56. The van der Waals surface area contributed by atoms with Crippen LogP contribution in [0.1, 0.15) is 22.8 Å². The molecule has 130 valence electrons. The summed E-state index contributed by atoms with van der Waals surface area (Å²) >= 11 is 0. The van der Waals surface area contributed by atoms with Gasteiger partial charge >= 0.3 is 0 Å². The number of allylic oxidation sites excluding steroid dienone is 1. The number of para-hydroxylation sites is 1. The molecule has 0 fully saturated rings. The van der Waals surface area contributed by atoms with Crippen molar-refractivity contribution in [3.8, 4) is 6.07 Å². The Morgan fingerprint density at radius 1 is 0.963 bits per heavy atom. The smallest absolute Gasteiger partial charge is 0.203 e. The zero-order valence-electron chi connectivity index (χ0n) is 15.0. The van der Waals surface area contributed by atoms with E-state index in [4.69, 9.17) is 0 Å². The average Bonchev–Trinajstić information content (AvgIpc) is 3.05. The largest absolute Gasteiger partial charge is 0.341 e. The summed E-state index contributed by atoms with van der Waals surface area (Å²) in [6.07, 6.45) is 1.67. The van der Waals surface area contributed by atoms with Gasteiger partial charge in [-0.2, -0.15) is 5.26 Å². The second-order valence-corrected chi connectivity index (χ2v) is 6.40. The fourth-order valence-corrected chi connectivity index (χ4v) is 3.56. The monoisotopic (exact) mass is 350 g/mol. The Bertz CT molecular complexity index is 1220. The summed E-state index contributed by atoms with van der Waals surface area (Å²) in [5.74, 6) is -0.255. The third kappa shape index (κ3) is 2.92. The highest BCUT2D eigenvalue weighted by atomic mass is 16.1. The van der Waals surface area contributed by atoms with E-state index in [1.807, 2.05) is 24.3 Å². The van der Waals surface area contributed by atoms with Crippen molar-refractivity contribution in [3.05, 3.63) is 89.5 Å². The van der Waals surface area contributed by atoms with Gasteiger partial charge in [-0.25, -0.2) is 0 Å². The molecular formula is C24H18N2O. The summed E-state index contributed by atoms with van der Waals surface area (Å²) in [6, 6.07) is 25.3. The minimum Gasteiger partial charge on any atom is -0.341 e. The van der Waals surface area contributed by atoms with E-state index in [1.165, 1.54) is 10.9 Å². The van der Waals surface area contributed by atoms with Crippen LogP contribution < -0.4 is 0 Å². The molecule has 0 aliphatic carbocycles. The van der Waals surface area contributed by atoms with E-state index in [1.54, 1.807) is 30.3 Å². The van der Waals surface area contributed by atoms with E-state index in [9.17, 15) is 10.1 Å². The van der Waals surface area contributed by atoms with Crippen LogP contribution >= 0.6 is 0 Å². The van der Waals surface area contributed by atoms with Crippen LogP contribution in [0.2, 0.25) is 0 Å². The number of aryl methyl sites for hydroxylation is 1. The first-order chi connectivity index (χ1) is 13.2. The van der Waals surface area contributed by atoms with Gasteiger partial charge in [0, 0.05) is 33.9 Å². The molecule has 0 radical (unpaired) electrons. The third-order valence-electron chi connectivity index (χ3n) is 4.82. The summed E-state index contributed by atoms with van der Waals surface area (Å²) in [6.45, 7) is 3.02. The second kappa shape index (κ2) is 6.93. The fraction of sp³-hybridized carbons (Fsp3) is 0.0833. The molecular weight excluding hydrogens is 332 g/mol. The highest BCUT2D eigenvalue weighted by Crippen LogP contribution is 2.30. The van der Waals surface area contributed by atoms with Crippen molar-refractivity contribution >= 4 is 33.7 Å². The number of carbonyl (C=O) groups is 1. The molecule has 0 saturated heterocycles. The average molecular weight is 350 g/mol. The summed E-state index contributed by atoms with van der Waals surface area (Å²) in [5, 5.41) is 11.8. The summed E-state index contributed by atoms with van der Waals surface area (Å²) in [5.41, 5.74) is 3.86. The minimum absolute atomic E-state index is 0.139. The number of rotatable bonds is 4. The molecule has 27 heavy (non-hydrogen) atoms. The normalized spacial score (nSPS) is 11.6. The first-order valence-electron chi connectivity index (χ1n) is 8.95. The van der Waals surface area contributed by atoms with E-state index in [0.717, 1.165) is 23.0 Å². The Morgan fingerprint density at radius 3 is 2.41 bits per heavy atom. The van der Waals surface area contributed by atoms with Crippen molar-refractivity contribution < 1.29 is 4.79 Å². The lowest BCUT2D eigenvalue weighted by atomic mass is 10.0. The van der Waals surface area contributed by atoms with Gasteiger partial charge in [0.15, 0.2) is 0 Å². The number of ketones is 1. The number of carbonyl (C=O) groups excluding carboxylic acids is 1. The quantitative estimate of drug-likeness (QED) is 0.273. The first-order valence-corrected chi connectivity index (χ1v) is 8.95. The lowest BCUT2D eigenvalue weighted by Crippen LogP contribution is -2.01. The number of benzene rings is 3. The van der Waals surface area contributed by atoms with Crippen LogP contribution in [-0.2, 0) is 6.54 Å². The maximum Gasteiger partial charge on any atom is 0.203 e. The number of fused-ring (bicyclic) bond motifs is 3. The van der Waals surface area contributed by atoms with Crippen molar-refractivity contribution in [2.45, 2.75) is 13.5 Å². The zero-order chi connectivity index (χ0) is 18.8. The van der Waals surface area contributed by atoms with Gasteiger partial charge in [-0.1, -0.05) is 54.6 Å². The van der Waals surface area contributed by atoms with Crippen LogP contribution in [0.4, 0.5) is 0 Å². The van der Waals surface area contributed by atoms with E-state index in [0.29, 0.717) is 5.56 Å². The Morgan fingerprint density at radius 2 is 1.67 bits per heavy atom. The molecule has 0 bridgehead atoms. The van der Waals surface area contributed by atoms with Crippen LogP contribution in [0.15, 0.2) is 78.4 Å². The van der Waals surface area contributed by atoms with E-state index < -0.39 is 0 Å². The van der Waals surface area contributed by atoms with Gasteiger partial charge in [0.25, 0.3) is 0 Å². The van der Waals surface area contributed by atoms with Gasteiger partial charge < -0.3 is 4.57 Å². The van der Waals surface area contributed by atoms with E-state index in [2.05, 4.69) is 41.8 Å². The van der Waals surface area contributed by atoms with E-state index >= 15 is 0 Å². The second-order valence-electron chi connectivity index (χ2n) is 6.40. The maximum absolute atomic E-state index is 12.6. The molecule has 1 aromatic heterocycles. The molecule has 0 saturated carbocycles. The topological polar surface area (TPSA) is 45.8 Å². The maximum atomic E-state index is 12.6. The molecule has 4 aromatic rings. The molecule has 0 unspecified atom stereocenters. The highest BCUT2D eigenvalue weighted by molar-refractivity contribution is 6.14. The molecule has 1 heterocycles. The first kappa shape index (κ1) is 16.8. The molecule has 3 nitrogen and oxygen atoms in total. The Labute approximate surface area is 157 Å². The minimum atomic E-state index is -0.255. The molecule has 4 rings (SSSR count). The summed E-state index contributed by atoms with van der Waals surface area (Å²) in [4.78, 5) is 12.6. The lowest BCUT2D eigenvalue weighted by molar-refractivity contribution is 0.104. The van der Waals surface area contributed by atoms with Gasteiger partial charge in [-0.15, -0.1) is 0 Å². The van der Waals surface area contributed by atoms with Gasteiger partial charge in [-0.05, 0) is 36.8 Å². The number of nitriles is 1. The van der Waals surface area contributed by atoms with Crippen molar-refractivity contribution in [2.24, 2.45) is 0 Å². The van der Waals surface area contributed by atoms with Gasteiger partial charge in [0.1, 0.15) is 11.6 Å². The number of hydrogen-bond acceptors (Lipinski definition) is 2. The molecule has 0 aliphatic heterocycles.